The normalized spacial score (nSPS) is 19.8. The molecule has 5 rings (SSSR count). The number of halogens is 1. The minimum absolute atomic E-state index is 0.0338. The summed E-state index contributed by atoms with van der Waals surface area (Å²) in [4.78, 5) is 13.4. The van der Waals surface area contributed by atoms with Crippen molar-refractivity contribution in [1.82, 2.24) is 19.5 Å². The molecule has 0 spiro atoms. The van der Waals surface area contributed by atoms with Gasteiger partial charge in [0.2, 0.25) is 15.9 Å². The quantitative estimate of drug-likeness (QED) is 0.475. The van der Waals surface area contributed by atoms with Gasteiger partial charge < -0.3 is 15.2 Å². The number of sulfonamides is 1. The summed E-state index contributed by atoms with van der Waals surface area (Å²) >= 11 is 6.26. The van der Waals surface area contributed by atoms with E-state index in [0.717, 1.165) is 37.1 Å². The van der Waals surface area contributed by atoms with E-state index in [1.165, 1.54) is 27.1 Å². The largest absolute Gasteiger partial charge is 0.353 e. The lowest BCUT2D eigenvalue weighted by Gasteiger charge is -2.36. The third-order valence-corrected chi connectivity index (χ3v) is 9.80. The molecule has 1 amide bonds. The summed E-state index contributed by atoms with van der Waals surface area (Å²) in [5.41, 5.74) is 5.52. The molecule has 0 radical (unpaired) electrons. The van der Waals surface area contributed by atoms with Crippen molar-refractivity contribution in [2.24, 2.45) is 0 Å². The summed E-state index contributed by atoms with van der Waals surface area (Å²) in [6.07, 6.45) is 4.57. The molecular formula is C28H33ClN4O3S. The van der Waals surface area contributed by atoms with Crippen LogP contribution in [0, 0.1) is 6.92 Å². The van der Waals surface area contributed by atoms with Gasteiger partial charge in [0, 0.05) is 49.0 Å². The van der Waals surface area contributed by atoms with Crippen molar-refractivity contribution in [3.8, 4) is 0 Å². The Hall–Kier alpha value is -2.65. The fourth-order valence-electron chi connectivity index (χ4n) is 5.51. The molecule has 1 aliphatic heterocycles. The van der Waals surface area contributed by atoms with E-state index in [0.29, 0.717) is 18.1 Å². The maximum atomic E-state index is 13.7. The van der Waals surface area contributed by atoms with Crippen LogP contribution in [0.5, 0.6) is 0 Å². The van der Waals surface area contributed by atoms with Gasteiger partial charge in [-0.1, -0.05) is 35.9 Å². The zero-order chi connectivity index (χ0) is 26.2. The van der Waals surface area contributed by atoms with Gasteiger partial charge in [-0.25, -0.2) is 8.42 Å². The molecule has 196 valence electrons. The van der Waals surface area contributed by atoms with E-state index < -0.39 is 16.1 Å². The average molecular weight is 541 g/mol. The SMILES string of the molecule is CNCc1ccc2c(c1)CCC(NC(=O)CC1c3cccn3CCN1S(=O)(=O)c1ccc(C)c(Cl)c1)C2. The molecule has 0 saturated heterocycles. The highest BCUT2D eigenvalue weighted by molar-refractivity contribution is 7.89. The molecule has 1 aromatic heterocycles. The highest BCUT2D eigenvalue weighted by Gasteiger charge is 2.38. The van der Waals surface area contributed by atoms with Crippen LogP contribution in [0.15, 0.2) is 59.6 Å². The maximum absolute atomic E-state index is 13.7. The van der Waals surface area contributed by atoms with Crippen molar-refractivity contribution >= 4 is 27.5 Å². The highest BCUT2D eigenvalue weighted by Crippen LogP contribution is 2.35. The summed E-state index contributed by atoms with van der Waals surface area (Å²) in [5.74, 6) is -0.137. The van der Waals surface area contributed by atoms with Crippen LogP contribution in [-0.4, -0.2) is 42.8 Å². The standard InChI is InChI=1S/C28H33ClN4O3S/c1-19-5-10-24(16-25(19)29)37(35,36)33-13-12-32-11-3-4-26(32)27(33)17-28(34)31-23-9-8-21-14-20(18-30-2)6-7-22(21)15-23/h3-7,10-11,14,16,23,27,30H,8-9,12-13,15,17-18H2,1-2H3,(H,31,34). The lowest BCUT2D eigenvalue weighted by atomic mass is 9.87. The molecule has 1 aliphatic carbocycles. The van der Waals surface area contributed by atoms with Gasteiger partial charge in [0.1, 0.15) is 0 Å². The first-order valence-corrected chi connectivity index (χ1v) is 14.6. The number of amides is 1. The molecule has 3 aromatic rings. The van der Waals surface area contributed by atoms with Crippen LogP contribution in [0.25, 0.3) is 0 Å². The first-order valence-electron chi connectivity index (χ1n) is 12.7. The number of aromatic nitrogens is 1. The molecule has 2 atom stereocenters. The van der Waals surface area contributed by atoms with Crippen molar-refractivity contribution in [3.63, 3.8) is 0 Å². The molecule has 2 heterocycles. The van der Waals surface area contributed by atoms with E-state index in [9.17, 15) is 13.2 Å². The third-order valence-electron chi connectivity index (χ3n) is 7.49. The number of benzene rings is 2. The van der Waals surface area contributed by atoms with Crippen molar-refractivity contribution in [3.05, 3.63) is 87.7 Å². The summed E-state index contributed by atoms with van der Waals surface area (Å²) < 4.78 is 30.9. The predicted octanol–water partition coefficient (Wildman–Crippen LogP) is 3.98. The Morgan fingerprint density at radius 1 is 1.11 bits per heavy atom. The summed E-state index contributed by atoms with van der Waals surface area (Å²) in [7, 11) is -1.91. The topological polar surface area (TPSA) is 83.4 Å². The van der Waals surface area contributed by atoms with E-state index in [-0.39, 0.29) is 23.3 Å². The zero-order valence-corrected chi connectivity index (χ0v) is 22.8. The second-order valence-corrected chi connectivity index (χ2v) is 12.3. The number of aryl methyl sites for hydroxylation is 2. The van der Waals surface area contributed by atoms with Gasteiger partial charge in [-0.3, -0.25) is 4.79 Å². The van der Waals surface area contributed by atoms with Crippen molar-refractivity contribution in [2.45, 2.75) is 62.7 Å². The molecule has 0 fully saturated rings. The molecule has 0 saturated carbocycles. The predicted molar refractivity (Wildman–Crippen MR) is 145 cm³/mol. The second kappa shape index (κ2) is 10.6. The first-order chi connectivity index (χ1) is 17.8. The summed E-state index contributed by atoms with van der Waals surface area (Å²) in [6.45, 7) is 3.50. The molecule has 2 aliphatic rings. The van der Waals surface area contributed by atoms with Crippen molar-refractivity contribution in [1.29, 1.82) is 0 Å². The van der Waals surface area contributed by atoms with Crippen LogP contribution in [-0.2, 0) is 40.7 Å². The van der Waals surface area contributed by atoms with Crippen LogP contribution < -0.4 is 10.6 Å². The summed E-state index contributed by atoms with van der Waals surface area (Å²) in [6, 6.07) is 14.6. The minimum Gasteiger partial charge on any atom is -0.353 e. The Bertz CT molecular complexity index is 1420. The van der Waals surface area contributed by atoms with Gasteiger partial charge in [-0.15, -0.1) is 0 Å². The van der Waals surface area contributed by atoms with Crippen LogP contribution in [0.1, 0.15) is 46.8 Å². The Labute approximate surface area is 223 Å². The smallest absolute Gasteiger partial charge is 0.243 e. The number of hydrogen-bond donors (Lipinski definition) is 2. The Kier molecular flexibility index (Phi) is 7.45. The van der Waals surface area contributed by atoms with Gasteiger partial charge in [0.05, 0.1) is 10.9 Å². The second-order valence-electron chi connectivity index (χ2n) is 10.0. The number of hydrogen-bond acceptors (Lipinski definition) is 4. The minimum atomic E-state index is -3.85. The van der Waals surface area contributed by atoms with E-state index >= 15 is 0 Å². The Morgan fingerprint density at radius 3 is 2.73 bits per heavy atom. The van der Waals surface area contributed by atoms with E-state index in [1.807, 2.05) is 36.9 Å². The van der Waals surface area contributed by atoms with E-state index in [1.54, 1.807) is 12.1 Å². The van der Waals surface area contributed by atoms with Crippen LogP contribution in [0.2, 0.25) is 5.02 Å². The lowest BCUT2D eigenvalue weighted by molar-refractivity contribution is -0.123. The number of carbonyl (C=O) groups is 1. The van der Waals surface area contributed by atoms with E-state index in [2.05, 4.69) is 28.8 Å². The van der Waals surface area contributed by atoms with Crippen LogP contribution in [0.4, 0.5) is 0 Å². The highest BCUT2D eigenvalue weighted by atomic mass is 35.5. The maximum Gasteiger partial charge on any atom is 0.243 e. The number of nitrogens with zero attached hydrogens (tertiary/aromatic N) is 2. The monoisotopic (exact) mass is 540 g/mol. The zero-order valence-electron chi connectivity index (χ0n) is 21.2. The number of carbonyl (C=O) groups excluding carboxylic acids is 1. The molecule has 9 heteroatoms. The molecule has 2 unspecified atom stereocenters. The molecule has 2 N–H and O–H groups in total. The van der Waals surface area contributed by atoms with Crippen molar-refractivity contribution in [2.75, 3.05) is 13.6 Å². The fourth-order valence-corrected chi connectivity index (χ4v) is 7.38. The first kappa shape index (κ1) is 26.0. The molecule has 0 bridgehead atoms. The molecule has 7 nitrogen and oxygen atoms in total. The van der Waals surface area contributed by atoms with Gasteiger partial charge in [-0.05, 0) is 79.8 Å². The third kappa shape index (κ3) is 5.34. The number of fused-ring (bicyclic) bond motifs is 2. The lowest BCUT2D eigenvalue weighted by Crippen LogP contribution is -2.45. The van der Waals surface area contributed by atoms with Gasteiger partial charge in [0.25, 0.3) is 0 Å². The molecular weight excluding hydrogens is 508 g/mol. The number of nitrogens with one attached hydrogen (secondary N) is 2. The van der Waals surface area contributed by atoms with Gasteiger partial charge >= 0.3 is 0 Å². The Morgan fingerprint density at radius 2 is 1.95 bits per heavy atom. The molecule has 37 heavy (non-hydrogen) atoms. The molecule has 2 aromatic carbocycles. The van der Waals surface area contributed by atoms with Crippen molar-refractivity contribution < 1.29 is 13.2 Å². The van der Waals surface area contributed by atoms with E-state index in [4.69, 9.17) is 11.6 Å². The summed E-state index contributed by atoms with van der Waals surface area (Å²) in [5, 5.41) is 6.79. The van der Waals surface area contributed by atoms with Gasteiger partial charge in [-0.2, -0.15) is 4.31 Å². The number of rotatable bonds is 7. The van der Waals surface area contributed by atoms with Crippen LogP contribution >= 0.6 is 11.6 Å². The fraction of sp³-hybridized carbons (Fsp3) is 0.393. The van der Waals surface area contributed by atoms with Gasteiger partial charge in [0.15, 0.2) is 0 Å². The van der Waals surface area contributed by atoms with Crippen LogP contribution in [0.3, 0.4) is 0 Å². The Balaban J connectivity index is 1.33. The average Bonchev–Trinajstić information content (AvgIpc) is 3.35.